The van der Waals surface area contributed by atoms with E-state index in [9.17, 15) is 26.7 Å². The first-order chi connectivity index (χ1) is 8.61. The number of carboxylic acids is 1. The van der Waals surface area contributed by atoms with Crippen LogP contribution in [0.1, 0.15) is 17.6 Å². The quantitative estimate of drug-likeness (QED) is 0.685. The Hall–Kier alpha value is -1.64. The van der Waals surface area contributed by atoms with E-state index in [1.54, 1.807) is 0 Å². The van der Waals surface area contributed by atoms with E-state index in [1.807, 2.05) is 0 Å². The van der Waals surface area contributed by atoms with Crippen LogP contribution in [-0.2, 0) is 11.2 Å². The van der Waals surface area contributed by atoms with Gasteiger partial charge in [0.05, 0.1) is 6.42 Å². The standard InChI is InChI=1S/C9H5ClF5NO3/c10-7-6(19-9(13,14)15)3(1-5(17)18)4(2-16-7)8(11)12/h2,8H,1H2,(H,17,18). The SMILES string of the molecule is O=C(O)Cc1c(C(F)F)cnc(Cl)c1OC(F)(F)F. The first-order valence-electron chi connectivity index (χ1n) is 4.54. The third-order valence-corrected chi connectivity index (χ3v) is 2.18. The number of nitrogens with zero attached hydrogens (tertiary/aromatic N) is 1. The molecule has 0 bridgehead atoms. The Kier molecular flexibility index (Phi) is 4.51. The lowest BCUT2D eigenvalue weighted by Gasteiger charge is -2.16. The fraction of sp³-hybridized carbons (Fsp3) is 0.333. The summed E-state index contributed by atoms with van der Waals surface area (Å²) in [7, 11) is 0. The molecular weight excluding hydrogens is 301 g/mol. The Bertz CT molecular complexity index is 491. The number of aliphatic carboxylic acids is 1. The summed E-state index contributed by atoms with van der Waals surface area (Å²) in [6, 6.07) is 0. The molecule has 0 saturated heterocycles. The number of pyridine rings is 1. The minimum Gasteiger partial charge on any atom is -0.481 e. The van der Waals surface area contributed by atoms with Crippen LogP contribution in [0.15, 0.2) is 6.20 Å². The second-order valence-corrected chi connectivity index (χ2v) is 3.59. The maximum Gasteiger partial charge on any atom is 0.573 e. The lowest BCUT2D eigenvalue weighted by molar-refractivity contribution is -0.275. The fourth-order valence-electron chi connectivity index (χ4n) is 1.26. The van der Waals surface area contributed by atoms with Crippen molar-refractivity contribution in [3.63, 3.8) is 0 Å². The number of rotatable bonds is 4. The van der Waals surface area contributed by atoms with Gasteiger partial charge in [0, 0.05) is 17.3 Å². The Morgan fingerprint density at radius 3 is 2.47 bits per heavy atom. The van der Waals surface area contributed by atoms with Crippen LogP contribution in [0.2, 0.25) is 5.15 Å². The smallest absolute Gasteiger partial charge is 0.481 e. The topological polar surface area (TPSA) is 59.4 Å². The van der Waals surface area contributed by atoms with E-state index in [0.717, 1.165) is 0 Å². The molecule has 0 fully saturated rings. The summed E-state index contributed by atoms with van der Waals surface area (Å²) < 4.78 is 65.1. The van der Waals surface area contributed by atoms with Crippen LogP contribution in [0.25, 0.3) is 0 Å². The summed E-state index contributed by atoms with van der Waals surface area (Å²) in [5.74, 6) is -2.84. The van der Waals surface area contributed by atoms with Gasteiger partial charge in [0.25, 0.3) is 6.43 Å². The van der Waals surface area contributed by atoms with Gasteiger partial charge in [0.2, 0.25) is 0 Å². The van der Waals surface area contributed by atoms with Gasteiger partial charge in [-0.3, -0.25) is 4.79 Å². The van der Waals surface area contributed by atoms with Gasteiger partial charge < -0.3 is 9.84 Å². The minimum absolute atomic E-state index is 0.508. The highest BCUT2D eigenvalue weighted by Crippen LogP contribution is 2.37. The Morgan fingerprint density at radius 2 is 2.05 bits per heavy atom. The Morgan fingerprint density at radius 1 is 1.47 bits per heavy atom. The van der Waals surface area contributed by atoms with Crippen molar-refractivity contribution in [2.45, 2.75) is 19.2 Å². The molecule has 1 aromatic heterocycles. The van der Waals surface area contributed by atoms with Crippen molar-refractivity contribution >= 4 is 17.6 Å². The van der Waals surface area contributed by atoms with Crippen molar-refractivity contribution < 1.29 is 36.6 Å². The number of alkyl halides is 5. The molecule has 0 spiro atoms. The van der Waals surface area contributed by atoms with Crippen molar-refractivity contribution in [3.8, 4) is 5.75 Å². The molecule has 1 N–H and O–H groups in total. The predicted molar refractivity (Wildman–Crippen MR) is 52.2 cm³/mol. The van der Waals surface area contributed by atoms with Gasteiger partial charge in [-0.1, -0.05) is 11.6 Å². The molecule has 0 aliphatic heterocycles. The zero-order valence-corrected chi connectivity index (χ0v) is 9.60. The minimum atomic E-state index is -5.21. The first kappa shape index (κ1) is 15.4. The van der Waals surface area contributed by atoms with Crippen LogP contribution in [0, 0.1) is 0 Å². The largest absolute Gasteiger partial charge is 0.573 e. The number of ether oxygens (including phenoxy) is 1. The third kappa shape index (κ3) is 4.19. The Labute approximate surface area is 107 Å². The van der Waals surface area contributed by atoms with E-state index in [2.05, 4.69) is 9.72 Å². The van der Waals surface area contributed by atoms with Gasteiger partial charge in [-0.25, -0.2) is 13.8 Å². The highest BCUT2D eigenvalue weighted by Gasteiger charge is 2.35. The van der Waals surface area contributed by atoms with E-state index < -0.39 is 47.2 Å². The first-order valence-corrected chi connectivity index (χ1v) is 4.92. The van der Waals surface area contributed by atoms with Crippen molar-refractivity contribution in [1.29, 1.82) is 0 Å². The van der Waals surface area contributed by atoms with E-state index in [-0.39, 0.29) is 0 Å². The van der Waals surface area contributed by atoms with E-state index in [1.165, 1.54) is 0 Å². The van der Waals surface area contributed by atoms with Gasteiger partial charge >= 0.3 is 12.3 Å². The van der Waals surface area contributed by atoms with Crippen LogP contribution in [-0.4, -0.2) is 22.4 Å². The monoisotopic (exact) mass is 305 g/mol. The van der Waals surface area contributed by atoms with Crippen molar-refractivity contribution in [1.82, 2.24) is 4.98 Å². The second-order valence-electron chi connectivity index (χ2n) is 3.23. The molecule has 0 aromatic carbocycles. The molecule has 1 heterocycles. The molecule has 0 atom stereocenters. The maximum absolute atomic E-state index is 12.6. The maximum atomic E-state index is 12.6. The molecule has 10 heteroatoms. The second kappa shape index (κ2) is 5.55. The van der Waals surface area contributed by atoms with Crippen LogP contribution >= 0.6 is 11.6 Å². The number of aromatic nitrogens is 1. The van der Waals surface area contributed by atoms with E-state index in [4.69, 9.17) is 16.7 Å². The van der Waals surface area contributed by atoms with Gasteiger partial charge in [-0.15, -0.1) is 13.2 Å². The molecule has 19 heavy (non-hydrogen) atoms. The zero-order valence-electron chi connectivity index (χ0n) is 8.84. The van der Waals surface area contributed by atoms with Gasteiger partial charge in [-0.05, 0) is 0 Å². The number of carbonyl (C=O) groups is 1. The van der Waals surface area contributed by atoms with Crippen LogP contribution in [0.3, 0.4) is 0 Å². The number of hydrogen-bond donors (Lipinski definition) is 1. The summed E-state index contributed by atoms with van der Waals surface area (Å²) in [5.41, 5.74) is -1.84. The van der Waals surface area contributed by atoms with Gasteiger partial charge in [-0.2, -0.15) is 0 Å². The van der Waals surface area contributed by atoms with Gasteiger partial charge in [0.15, 0.2) is 10.9 Å². The average molecular weight is 306 g/mol. The zero-order chi connectivity index (χ0) is 14.8. The third-order valence-electron chi connectivity index (χ3n) is 1.91. The number of halogens is 6. The lowest BCUT2D eigenvalue weighted by Crippen LogP contribution is -2.20. The summed E-state index contributed by atoms with van der Waals surface area (Å²) in [5, 5.41) is 7.69. The fourth-order valence-corrected chi connectivity index (χ4v) is 1.46. The van der Waals surface area contributed by atoms with Gasteiger partial charge in [0.1, 0.15) is 0 Å². The molecule has 0 amide bonds. The van der Waals surface area contributed by atoms with Crippen molar-refractivity contribution in [2.24, 2.45) is 0 Å². The summed E-state index contributed by atoms with van der Waals surface area (Å²) >= 11 is 5.32. The molecule has 106 valence electrons. The molecule has 0 radical (unpaired) electrons. The predicted octanol–water partition coefficient (Wildman–Crippen LogP) is 3.20. The van der Waals surface area contributed by atoms with E-state index in [0.29, 0.717) is 6.20 Å². The number of hydrogen-bond acceptors (Lipinski definition) is 3. The molecule has 0 unspecified atom stereocenters. The highest BCUT2D eigenvalue weighted by molar-refractivity contribution is 6.31. The molecule has 0 aliphatic rings. The lowest BCUT2D eigenvalue weighted by atomic mass is 10.1. The average Bonchev–Trinajstić information content (AvgIpc) is 2.20. The van der Waals surface area contributed by atoms with Crippen molar-refractivity contribution in [3.05, 3.63) is 22.5 Å². The number of carboxylic acid groups (broad SMARTS) is 1. The van der Waals surface area contributed by atoms with E-state index >= 15 is 0 Å². The van der Waals surface area contributed by atoms with Crippen LogP contribution in [0.5, 0.6) is 5.75 Å². The molecular formula is C9H5ClF5NO3. The summed E-state index contributed by atoms with van der Waals surface area (Å²) in [4.78, 5) is 13.6. The molecule has 0 saturated carbocycles. The molecule has 0 aliphatic carbocycles. The molecule has 1 rings (SSSR count). The van der Waals surface area contributed by atoms with Crippen molar-refractivity contribution in [2.75, 3.05) is 0 Å². The normalized spacial score (nSPS) is 11.7. The molecule has 4 nitrogen and oxygen atoms in total. The Balaban J connectivity index is 3.39. The summed E-state index contributed by atoms with van der Waals surface area (Å²) in [6.45, 7) is 0. The highest BCUT2D eigenvalue weighted by atomic mass is 35.5. The molecule has 1 aromatic rings. The summed E-state index contributed by atoms with van der Waals surface area (Å²) in [6.07, 6.45) is -9.02. The van der Waals surface area contributed by atoms with Crippen LogP contribution in [0.4, 0.5) is 22.0 Å². The van der Waals surface area contributed by atoms with Crippen LogP contribution < -0.4 is 4.74 Å².